The first-order valence-electron chi connectivity index (χ1n) is 7.23. The van der Waals surface area contributed by atoms with Crippen molar-refractivity contribution >= 4 is 17.9 Å². The molecule has 24 heavy (non-hydrogen) atoms. The smallest absolute Gasteiger partial charge is 0.414 e. The maximum atomic E-state index is 10.7. The highest BCUT2D eigenvalue weighted by Crippen LogP contribution is 2.09. The standard InChI is InChI=1S/C13H18N2O3.C2H2O4/c16-13(17)12-7-6-11(8-14-12)15-18-9-10-4-2-1-3-5-10;3-1(4)2(5)6/h1-5,11-12,14-15H,6-9H2,(H,16,17);(H,3,4)(H,5,6)/t11-,12-;/m1./s1. The topological polar surface area (TPSA) is 145 Å². The lowest BCUT2D eigenvalue weighted by Gasteiger charge is -2.27. The largest absolute Gasteiger partial charge is 0.480 e. The minimum Gasteiger partial charge on any atom is -0.480 e. The van der Waals surface area contributed by atoms with Gasteiger partial charge in [-0.1, -0.05) is 30.3 Å². The van der Waals surface area contributed by atoms with Gasteiger partial charge in [0.05, 0.1) is 6.61 Å². The summed E-state index contributed by atoms with van der Waals surface area (Å²) in [7, 11) is 0. The minimum absolute atomic E-state index is 0.171. The molecular weight excluding hydrogens is 320 g/mol. The van der Waals surface area contributed by atoms with Crippen LogP contribution < -0.4 is 10.8 Å². The zero-order valence-corrected chi connectivity index (χ0v) is 12.8. The Kier molecular flexibility index (Phi) is 8.41. The number of carboxylic acid groups (broad SMARTS) is 3. The van der Waals surface area contributed by atoms with Crippen LogP contribution in [0.5, 0.6) is 0 Å². The Balaban J connectivity index is 0.000000413. The van der Waals surface area contributed by atoms with E-state index in [0.29, 0.717) is 19.6 Å². The average Bonchev–Trinajstić information content (AvgIpc) is 2.57. The molecule has 0 saturated carbocycles. The molecule has 0 unspecified atom stereocenters. The Bertz CT molecular complexity index is 530. The summed E-state index contributed by atoms with van der Waals surface area (Å²) < 4.78 is 0. The maximum absolute atomic E-state index is 10.7. The summed E-state index contributed by atoms with van der Waals surface area (Å²) in [4.78, 5) is 34.4. The fourth-order valence-corrected chi connectivity index (χ4v) is 1.98. The zero-order chi connectivity index (χ0) is 17.9. The highest BCUT2D eigenvalue weighted by molar-refractivity contribution is 6.27. The van der Waals surface area contributed by atoms with Gasteiger partial charge in [0, 0.05) is 12.6 Å². The van der Waals surface area contributed by atoms with Crippen LogP contribution in [0.2, 0.25) is 0 Å². The van der Waals surface area contributed by atoms with Crippen LogP contribution >= 0.6 is 0 Å². The molecule has 1 aliphatic heterocycles. The van der Waals surface area contributed by atoms with Gasteiger partial charge >= 0.3 is 17.9 Å². The van der Waals surface area contributed by atoms with E-state index in [1.165, 1.54) is 0 Å². The second-order valence-electron chi connectivity index (χ2n) is 5.08. The van der Waals surface area contributed by atoms with Crippen molar-refractivity contribution in [3.63, 3.8) is 0 Å². The van der Waals surface area contributed by atoms with Crippen molar-refractivity contribution in [2.45, 2.75) is 31.5 Å². The van der Waals surface area contributed by atoms with Crippen LogP contribution in [0.15, 0.2) is 30.3 Å². The Labute approximate surface area is 138 Å². The maximum Gasteiger partial charge on any atom is 0.414 e. The molecular formula is C15H20N2O7. The normalized spacial score (nSPS) is 19.7. The number of aliphatic carboxylic acids is 3. The van der Waals surface area contributed by atoms with E-state index >= 15 is 0 Å². The molecule has 1 heterocycles. The predicted molar refractivity (Wildman–Crippen MR) is 82.1 cm³/mol. The van der Waals surface area contributed by atoms with Gasteiger partial charge in [-0.15, -0.1) is 0 Å². The monoisotopic (exact) mass is 340 g/mol. The van der Waals surface area contributed by atoms with Gasteiger partial charge in [-0.2, -0.15) is 5.48 Å². The van der Waals surface area contributed by atoms with Gasteiger partial charge in [-0.25, -0.2) is 9.59 Å². The van der Waals surface area contributed by atoms with Crippen molar-refractivity contribution in [3.8, 4) is 0 Å². The van der Waals surface area contributed by atoms with Crippen LogP contribution in [0.25, 0.3) is 0 Å². The van der Waals surface area contributed by atoms with Crippen molar-refractivity contribution in [1.82, 2.24) is 10.8 Å². The van der Waals surface area contributed by atoms with Crippen molar-refractivity contribution in [2.75, 3.05) is 6.54 Å². The highest BCUT2D eigenvalue weighted by atomic mass is 16.6. The van der Waals surface area contributed by atoms with E-state index in [2.05, 4.69) is 10.8 Å². The third-order valence-corrected chi connectivity index (χ3v) is 3.23. The van der Waals surface area contributed by atoms with E-state index < -0.39 is 23.9 Å². The van der Waals surface area contributed by atoms with E-state index in [-0.39, 0.29) is 6.04 Å². The van der Waals surface area contributed by atoms with E-state index in [1.807, 2.05) is 30.3 Å². The molecule has 0 aromatic heterocycles. The molecule has 0 amide bonds. The number of nitrogens with one attached hydrogen (secondary N) is 2. The first kappa shape index (κ1) is 19.6. The number of carboxylic acids is 3. The van der Waals surface area contributed by atoms with Gasteiger partial charge < -0.3 is 20.6 Å². The number of rotatable bonds is 5. The highest BCUT2D eigenvalue weighted by Gasteiger charge is 2.25. The number of benzene rings is 1. The molecule has 1 saturated heterocycles. The molecule has 132 valence electrons. The quantitative estimate of drug-likeness (QED) is 0.371. The van der Waals surface area contributed by atoms with Gasteiger partial charge in [-0.05, 0) is 18.4 Å². The summed E-state index contributed by atoms with van der Waals surface area (Å²) in [5.41, 5.74) is 4.08. The van der Waals surface area contributed by atoms with Crippen molar-refractivity contribution in [3.05, 3.63) is 35.9 Å². The lowest BCUT2D eigenvalue weighted by molar-refractivity contribution is -0.159. The summed E-state index contributed by atoms with van der Waals surface area (Å²) >= 11 is 0. The summed E-state index contributed by atoms with van der Waals surface area (Å²) in [5, 5.41) is 26.6. The molecule has 9 nitrogen and oxygen atoms in total. The molecule has 0 spiro atoms. The summed E-state index contributed by atoms with van der Waals surface area (Å²) in [5.74, 6) is -4.43. The van der Waals surface area contributed by atoms with E-state index in [1.54, 1.807) is 0 Å². The molecule has 0 bridgehead atoms. The van der Waals surface area contributed by atoms with Gasteiger partial charge in [-0.3, -0.25) is 9.63 Å². The first-order valence-corrected chi connectivity index (χ1v) is 7.23. The van der Waals surface area contributed by atoms with Crippen LogP contribution in [0.3, 0.4) is 0 Å². The lowest BCUT2D eigenvalue weighted by atomic mass is 10.0. The number of hydroxylamine groups is 1. The van der Waals surface area contributed by atoms with Gasteiger partial charge in [0.15, 0.2) is 0 Å². The number of hydrogen-bond acceptors (Lipinski definition) is 6. The predicted octanol–water partition coefficient (Wildman–Crippen LogP) is 0.0686. The van der Waals surface area contributed by atoms with Gasteiger partial charge in [0.2, 0.25) is 0 Å². The molecule has 1 fully saturated rings. The third kappa shape index (κ3) is 7.68. The molecule has 0 aliphatic carbocycles. The van der Waals surface area contributed by atoms with Crippen molar-refractivity contribution in [2.24, 2.45) is 0 Å². The van der Waals surface area contributed by atoms with Crippen LogP contribution in [0, 0.1) is 0 Å². The van der Waals surface area contributed by atoms with Crippen LogP contribution in [-0.2, 0) is 25.8 Å². The van der Waals surface area contributed by atoms with Crippen molar-refractivity contribution in [1.29, 1.82) is 0 Å². The van der Waals surface area contributed by atoms with Gasteiger partial charge in [0.25, 0.3) is 0 Å². The minimum atomic E-state index is -1.82. The molecule has 0 radical (unpaired) electrons. The van der Waals surface area contributed by atoms with E-state index in [4.69, 9.17) is 29.7 Å². The zero-order valence-electron chi connectivity index (χ0n) is 12.8. The Morgan fingerprint density at radius 3 is 2.17 bits per heavy atom. The van der Waals surface area contributed by atoms with Gasteiger partial charge in [0.1, 0.15) is 6.04 Å². The third-order valence-electron chi connectivity index (χ3n) is 3.23. The second kappa shape index (κ2) is 10.3. The molecule has 1 aromatic carbocycles. The molecule has 1 aromatic rings. The second-order valence-corrected chi connectivity index (χ2v) is 5.08. The Morgan fingerprint density at radius 1 is 1.08 bits per heavy atom. The Hall–Kier alpha value is -2.49. The van der Waals surface area contributed by atoms with Crippen LogP contribution in [-0.4, -0.2) is 51.9 Å². The summed E-state index contributed by atoms with van der Waals surface area (Å²) in [6.45, 7) is 1.13. The van der Waals surface area contributed by atoms with Crippen LogP contribution in [0.1, 0.15) is 18.4 Å². The van der Waals surface area contributed by atoms with Crippen LogP contribution in [0.4, 0.5) is 0 Å². The lowest BCUT2D eigenvalue weighted by Crippen LogP contribution is -2.50. The Morgan fingerprint density at radius 2 is 1.71 bits per heavy atom. The first-order chi connectivity index (χ1) is 11.4. The molecule has 2 rings (SSSR count). The molecule has 1 aliphatic rings. The van der Waals surface area contributed by atoms with E-state index in [0.717, 1.165) is 12.0 Å². The fourth-order valence-electron chi connectivity index (χ4n) is 1.98. The molecule has 5 N–H and O–H groups in total. The average molecular weight is 340 g/mol. The SMILES string of the molecule is O=C(O)C(=O)O.O=C(O)[C@H]1CC[C@@H](NOCc2ccccc2)CN1. The molecule has 2 atom stereocenters. The number of piperidine rings is 1. The number of carbonyl (C=O) groups is 3. The molecule has 9 heteroatoms. The summed E-state index contributed by atoms with van der Waals surface area (Å²) in [6.07, 6.45) is 1.43. The fraction of sp³-hybridized carbons (Fsp3) is 0.400. The number of hydrogen-bond donors (Lipinski definition) is 5. The van der Waals surface area contributed by atoms with Crippen molar-refractivity contribution < 1.29 is 34.5 Å². The van der Waals surface area contributed by atoms with E-state index in [9.17, 15) is 4.79 Å². The summed E-state index contributed by atoms with van der Waals surface area (Å²) in [6, 6.07) is 9.66.